The van der Waals surface area contributed by atoms with Gasteiger partial charge in [0.25, 0.3) is 0 Å². The number of guanidine groups is 1. The number of rotatable bonds is 5. The Balaban J connectivity index is 1.92. The van der Waals surface area contributed by atoms with E-state index in [2.05, 4.69) is 70.8 Å². The largest absolute Gasteiger partial charge is 0.364 e. The summed E-state index contributed by atoms with van der Waals surface area (Å²) in [5.74, 6) is 0.859. The molecule has 0 amide bonds. The van der Waals surface area contributed by atoms with Crippen LogP contribution in [0.5, 0.6) is 0 Å². The van der Waals surface area contributed by atoms with Crippen LogP contribution in [0.1, 0.15) is 25.8 Å². The lowest BCUT2D eigenvalue weighted by Crippen LogP contribution is -2.41. The Labute approximate surface area is 128 Å². The Bertz CT molecular complexity index is 499. The van der Waals surface area contributed by atoms with Crippen LogP contribution in [0.4, 0.5) is 5.69 Å². The molecule has 0 saturated heterocycles. The molecule has 1 aromatic carbocycles. The molecule has 0 spiro atoms. The molecule has 0 aromatic heterocycles. The van der Waals surface area contributed by atoms with Crippen molar-refractivity contribution in [3.05, 3.63) is 42.0 Å². The van der Waals surface area contributed by atoms with Gasteiger partial charge in [0.1, 0.15) is 0 Å². The van der Waals surface area contributed by atoms with Crippen LogP contribution in [0.25, 0.3) is 0 Å². The maximum atomic E-state index is 4.26. The van der Waals surface area contributed by atoms with Crippen molar-refractivity contribution in [3.8, 4) is 0 Å². The molecule has 114 valence electrons. The molecule has 0 bridgehead atoms. The van der Waals surface area contributed by atoms with E-state index in [1.54, 1.807) is 0 Å². The van der Waals surface area contributed by atoms with Gasteiger partial charge in [-0.25, -0.2) is 0 Å². The fourth-order valence-electron chi connectivity index (χ4n) is 2.27. The summed E-state index contributed by atoms with van der Waals surface area (Å²) in [5, 5.41) is 6.75. The standard InChI is InChI=1S/C17H26N4/c1-4-14(2)20-17(18-3)19-13-15-8-7-9-16(12-15)21-10-5-6-11-21/h5-9,12,14H,4,10-11,13H2,1-3H3,(H2,18,19,20). The number of anilines is 1. The summed E-state index contributed by atoms with van der Waals surface area (Å²) < 4.78 is 0. The molecule has 1 atom stereocenters. The van der Waals surface area contributed by atoms with Gasteiger partial charge in [-0.3, -0.25) is 4.99 Å². The summed E-state index contributed by atoms with van der Waals surface area (Å²) in [5.41, 5.74) is 2.55. The molecular formula is C17H26N4. The number of nitrogens with zero attached hydrogens (tertiary/aromatic N) is 2. The lowest BCUT2D eigenvalue weighted by molar-refractivity contribution is 0.624. The smallest absolute Gasteiger partial charge is 0.191 e. The van der Waals surface area contributed by atoms with Crippen LogP contribution in [0.15, 0.2) is 41.4 Å². The van der Waals surface area contributed by atoms with Crippen molar-refractivity contribution >= 4 is 11.6 Å². The third-order valence-electron chi connectivity index (χ3n) is 3.77. The Hall–Kier alpha value is -1.97. The minimum atomic E-state index is 0.429. The molecule has 0 fully saturated rings. The second-order valence-corrected chi connectivity index (χ2v) is 5.43. The summed E-state index contributed by atoms with van der Waals surface area (Å²) in [6, 6.07) is 9.11. The van der Waals surface area contributed by atoms with Crippen LogP contribution in [0, 0.1) is 0 Å². The molecule has 1 aromatic rings. The number of aliphatic imine (C=N–C) groups is 1. The van der Waals surface area contributed by atoms with Gasteiger partial charge in [-0.15, -0.1) is 0 Å². The first-order chi connectivity index (χ1) is 10.2. The molecule has 0 radical (unpaired) electrons. The van der Waals surface area contributed by atoms with Gasteiger partial charge in [0.05, 0.1) is 0 Å². The summed E-state index contributed by atoms with van der Waals surface area (Å²) in [7, 11) is 1.81. The van der Waals surface area contributed by atoms with Crippen molar-refractivity contribution < 1.29 is 0 Å². The van der Waals surface area contributed by atoms with Crippen LogP contribution in [0.3, 0.4) is 0 Å². The van der Waals surface area contributed by atoms with E-state index in [-0.39, 0.29) is 0 Å². The molecular weight excluding hydrogens is 260 g/mol. The van der Waals surface area contributed by atoms with Crippen molar-refractivity contribution in [2.45, 2.75) is 32.9 Å². The SMILES string of the molecule is CCC(C)NC(=NC)NCc1cccc(N2CC=CC2)c1. The Morgan fingerprint density at radius 3 is 2.76 bits per heavy atom. The van der Waals surface area contributed by atoms with Gasteiger partial charge in [0.2, 0.25) is 0 Å². The minimum absolute atomic E-state index is 0.429. The summed E-state index contributed by atoms with van der Waals surface area (Å²) in [6.07, 6.45) is 5.50. The predicted molar refractivity (Wildman–Crippen MR) is 90.9 cm³/mol. The Morgan fingerprint density at radius 2 is 2.10 bits per heavy atom. The molecule has 0 saturated carbocycles. The van der Waals surface area contributed by atoms with E-state index in [0.29, 0.717) is 6.04 Å². The van der Waals surface area contributed by atoms with Crippen LogP contribution >= 0.6 is 0 Å². The van der Waals surface area contributed by atoms with Gasteiger partial charge in [0, 0.05) is 38.4 Å². The third kappa shape index (κ3) is 4.52. The van der Waals surface area contributed by atoms with E-state index in [4.69, 9.17) is 0 Å². The first kappa shape index (κ1) is 15.4. The molecule has 0 aliphatic carbocycles. The quantitative estimate of drug-likeness (QED) is 0.496. The van der Waals surface area contributed by atoms with E-state index in [1.165, 1.54) is 11.3 Å². The molecule has 1 aliphatic rings. The summed E-state index contributed by atoms with van der Waals surface area (Å²) >= 11 is 0. The van der Waals surface area contributed by atoms with E-state index >= 15 is 0 Å². The topological polar surface area (TPSA) is 39.7 Å². The van der Waals surface area contributed by atoms with E-state index in [9.17, 15) is 0 Å². The van der Waals surface area contributed by atoms with Crippen LogP contribution in [-0.2, 0) is 6.54 Å². The van der Waals surface area contributed by atoms with Crippen LogP contribution in [0.2, 0.25) is 0 Å². The highest BCUT2D eigenvalue weighted by Gasteiger charge is 2.08. The average Bonchev–Trinajstić information content (AvgIpc) is 3.05. The van der Waals surface area contributed by atoms with Crippen molar-refractivity contribution in [3.63, 3.8) is 0 Å². The first-order valence-corrected chi connectivity index (χ1v) is 7.69. The van der Waals surface area contributed by atoms with Crippen molar-refractivity contribution in [1.29, 1.82) is 0 Å². The van der Waals surface area contributed by atoms with E-state index in [0.717, 1.165) is 32.0 Å². The molecule has 1 heterocycles. The summed E-state index contributed by atoms with van der Waals surface area (Å²) in [4.78, 5) is 6.62. The average molecular weight is 286 g/mol. The fourth-order valence-corrected chi connectivity index (χ4v) is 2.27. The second-order valence-electron chi connectivity index (χ2n) is 5.43. The normalized spacial score (nSPS) is 16.1. The number of hydrogen-bond donors (Lipinski definition) is 2. The molecule has 4 heteroatoms. The van der Waals surface area contributed by atoms with Gasteiger partial charge in [-0.1, -0.05) is 31.2 Å². The molecule has 21 heavy (non-hydrogen) atoms. The van der Waals surface area contributed by atoms with Crippen molar-refractivity contribution in [2.24, 2.45) is 4.99 Å². The van der Waals surface area contributed by atoms with Gasteiger partial charge in [-0.2, -0.15) is 0 Å². The zero-order chi connectivity index (χ0) is 15.1. The lowest BCUT2D eigenvalue weighted by Gasteiger charge is -2.19. The van der Waals surface area contributed by atoms with Gasteiger partial charge < -0.3 is 15.5 Å². The fraction of sp³-hybridized carbons (Fsp3) is 0.471. The molecule has 1 unspecified atom stereocenters. The Kier molecular flexibility index (Phi) is 5.67. The number of nitrogens with one attached hydrogen (secondary N) is 2. The highest BCUT2D eigenvalue weighted by atomic mass is 15.2. The highest BCUT2D eigenvalue weighted by Crippen LogP contribution is 2.18. The van der Waals surface area contributed by atoms with E-state index < -0.39 is 0 Å². The van der Waals surface area contributed by atoms with Gasteiger partial charge in [0.15, 0.2) is 5.96 Å². The lowest BCUT2D eigenvalue weighted by atomic mass is 10.2. The first-order valence-electron chi connectivity index (χ1n) is 7.69. The zero-order valence-electron chi connectivity index (χ0n) is 13.3. The van der Waals surface area contributed by atoms with Crippen molar-refractivity contribution in [2.75, 3.05) is 25.0 Å². The molecule has 4 nitrogen and oxygen atoms in total. The van der Waals surface area contributed by atoms with Gasteiger partial charge >= 0.3 is 0 Å². The second kappa shape index (κ2) is 7.72. The predicted octanol–water partition coefficient (Wildman–Crippen LogP) is 2.53. The summed E-state index contributed by atoms with van der Waals surface area (Å²) in [6.45, 7) is 7.12. The third-order valence-corrected chi connectivity index (χ3v) is 3.77. The maximum Gasteiger partial charge on any atom is 0.191 e. The monoisotopic (exact) mass is 286 g/mol. The zero-order valence-corrected chi connectivity index (χ0v) is 13.3. The van der Waals surface area contributed by atoms with Crippen LogP contribution < -0.4 is 15.5 Å². The maximum absolute atomic E-state index is 4.26. The number of hydrogen-bond acceptors (Lipinski definition) is 2. The number of benzene rings is 1. The Morgan fingerprint density at radius 1 is 1.33 bits per heavy atom. The minimum Gasteiger partial charge on any atom is -0.364 e. The van der Waals surface area contributed by atoms with Crippen LogP contribution in [-0.4, -0.2) is 32.1 Å². The molecule has 2 N–H and O–H groups in total. The molecule has 1 aliphatic heterocycles. The highest BCUT2D eigenvalue weighted by molar-refractivity contribution is 5.79. The van der Waals surface area contributed by atoms with Gasteiger partial charge in [-0.05, 0) is 31.0 Å². The van der Waals surface area contributed by atoms with E-state index in [1.807, 2.05) is 7.05 Å². The molecule has 2 rings (SSSR count). The van der Waals surface area contributed by atoms with Crippen molar-refractivity contribution in [1.82, 2.24) is 10.6 Å².